The number of tetrazole rings is 1. The molecule has 0 saturated carbocycles. The molecule has 1 N–H and O–H groups in total. The summed E-state index contributed by atoms with van der Waals surface area (Å²) in [5, 5.41) is 15.1. The lowest BCUT2D eigenvalue weighted by molar-refractivity contribution is 0.300. The van der Waals surface area contributed by atoms with Crippen LogP contribution in [0.3, 0.4) is 0 Å². The molecule has 2 unspecified atom stereocenters. The van der Waals surface area contributed by atoms with Gasteiger partial charge in [0.1, 0.15) is 18.4 Å². The second-order valence-electron chi connectivity index (χ2n) is 4.36. The third-order valence-electron chi connectivity index (χ3n) is 3.31. The van der Waals surface area contributed by atoms with Gasteiger partial charge in [-0.3, -0.25) is 0 Å². The molecule has 6 nitrogen and oxygen atoms in total. The van der Waals surface area contributed by atoms with E-state index in [0.717, 1.165) is 17.1 Å². The Hall–Kier alpha value is -1.95. The summed E-state index contributed by atoms with van der Waals surface area (Å²) in [6.45, 7) is 2.61. The van der Waals surface area contributed by atoms with Crippen LogP contribution < -0.4 is 10.1 Å². The summed E-state index contributed by atoms with van der Waals surface area (Å²) < 4.78 is 7.51. The van der Waals surface area contributed by atoms with Crippen LogP contribution in [0, 0.1) is 0 Å². The number of hydrogen-bond donors (Lipinski definition) is 1. The zero-order chi connectivity index (χ0) is 12.5. The van der Waals surface area contributed by atoms with Gasteiger partial charge in [-0.2, -0.15) is 0 Å². The van der Waals surface area contributed by atoms with E-state index in [1.807, 2.05) is 36.9 Å². The molecule has 0 bridgehead atoms. The molecule has 0 saturated heterocycles. The monoisotopic (exact) mass is 245 g/mol. The van der Waals surface area contributed by atoms with Crippen LogP contribution in [-0.2, 0) is 0 Å². The third kappa shape index (κ3) is 1.65. The first-order valence-electron chi connectivity index (χ1n) is 5.98. The van der Waals surface area contributed by atoms with Crippen LogP contribution in [0.15, 0.2) is 24.3 Å². The molecule has 2 heterocycles. The Morgan fingerprint density at radius 3 is 3.11 bits per heavy atom. The maximum absolute atomic E-state index is 5.67. The van der Waals surface area contributed by atoms with Crippen LogP contribution in [0.5, 0.6) is 5.75 Å². The molecule has 0 radical (unpaired) electrons. The zero-order valence-electron chi connectivity index (χ0n) is 10.4. The lowest BCUT2D eigenvalue weighted by Gasteiger charge is -2.14. The van der Waals surface area contributed by atoms with Crippen molar-refractivity contribution in [2.75, 3.05) is 13.7 Å². The van der Waals surface area contributed by atoms with Crippen molar-refractivity contribution in [3.05, 3.63) is 35.7 Å². The van der Waals surface area contributed by atoms with Crippen molar-refractivity contribution in [3.8, 4) is 5.75 Å². The summed E-state index contributed by atoms with van der Waals surface area (Å²) in [6, 6.07) is 8.17. The summed E-state index contributed by atoms with van der Waals surface area (Å²) in [6.07, 6.45) is 0. The number of para-hydroxylation sites is 1. The molecule has 3 rings (SSSR count). The molecule has 0 aliphatic carbocycles. The maximum atomic E-state index is 5.67. The molecule has 2 atom stereocenters. The van der Waals surface area contributed by atoms with Crippen molar-refractivity contribution in [3.63, 3.8) is 0 Å². The van der Waals surface area contributed by atoms with E-state index < -0.39 is 0 Å². The standard InChI is InChI=1S/C12H15N5O/c1-8(13-2)12-14-15-16-17(12)10-7-18-11-6-4-3-5-9(10)11/h3-6,8,10,13H,7H2,1-2H3. The highest BCUT2D eigenvalue weighted by Crippen LogP contribution is 2.34. The molecule has 1 aliphatic heterocycles. The molecule has 0 spiro atoms. The summed E-state index contributed by atoms with van der Waals surface area (Å²) >= 11 is 0. The van der Waals surface area contributed by atoms with Gasteiger partial charge in [0.25, 0.3) is 0 Å². The van der Waals surface area contributed by atoms with E-state index in [1.165, 1.54) is 0 Å². The smallest absolute Gasteiger partial charge is 0.168 e. The van der Waals surface area contributed by atoms with Gasteiger partial charge in [-0.25, -0.2) is 4.68 Å². The number of fused-ring (bicyclic) bond motifs is 1. The highest BCUT2D eigenvalue weighted by Gasteiger charge is 2.29. The number of hydrogen-bond acceptors (Lipinski definition) is 5. The number of nitrogens with one attached hydrogen (secondary N) is 1. The van der Waals surface area contributed by atoms with Crippen molar-refractivity contribution in [2.24, 2.45) is 0 Å². The predicted molar refractivity (Wildman–Crippen MR) is 65.4 cm³/mol. The van der Waals surface area contributed by atoms with Crippen LogP contribution in [0.4, 0.5) is 0 Å². The molecule has 0 fully saturated rings. The summed E-state index contributed by atoms with van der Waals surface area (Å²) in [4.78, 5) is 0. The molecule has 0 amide bonds. The normalized spacial score (nSPS) is 19.3. The van der Waals surface area contributed by atoms with Gasteiger partial charge in [0, 0.05) is 5.56 Å². The van der Waals surface area contributed by atoms with Gasteiger partial charge in [0.2, 0.25) is 0 Å². The number of rotatable bonds is 3. The molecule has 2 aromatic rings. The number of benzene rings is 1. The minimum Gasteiger partial charge on any atom is -0.491 e. The number of nitrogens with zero attached hydrogens (tertiary/aromatic N) is 4. The molecular formula is C12H15N5O. The van der Waals surface area contributed by atoms with Gasteiger partial charge in [0.05, 0.1) is 6.04 Å². The van der Waals surface area contributed by atoms with Crippen LogP contribution >= 0.6 is 0 Å². The fourth-order valence-electron chi connectivity index (χ4n) is 2.18. The van der Waals surface area contributed by atoms with Gasteiger partial charge in [-0.05, 0) is 30.5 Å². The largest absolute Gasteiger partial charge is 0.491 e. The van der Waals surface area contributed by atoms with Crippen molar-refractivity contribution >= 4 is 0 Å². The molecule has 18 heavy (non-hydrogen) atoms. The Morgan fingerprint density at radius 1 is 1.44 bits per heavy atom. The first-order valence-corrected chi connectivity index (χ1v) is 5.98. The second kappa shape index (κ2) is 4.38. The topological polar surface area (TPSA) is 64.9 Å². The highest BCUT2D eigenvalue weighted by molar-refractivity contribution is 5.39. The zero-order valence-corrected chi connectivity index (χ0v) is 10.4. The lowest BCUT2D eigenvalue weighted by atomic mass is 10.1. The Morgan fingerprint density at radius 2 is 2.28 bits per heavy atom. The average Bonchev–Trinajstić information content (AvgIpc) is 3.03. The highest BCUT2D eigenvalue weighted by atomic mass is 16.5. The lowest BCUT2D eigenvalue weighted by Crippen LogP contribution is -2.23. The van der Waals surface area contributed by atoms with E-state index in [4.69, 9.17) is 4.74 Å². The SMILES string of the molecule is CNC(C)c1nnnn1C1COc2ccccc21. The minimum absolute atomic E-state index is 0.0574. The Balaban J connectivity index is 2.00. The fraction of sp³-hybridized carbons (Fsp3) is 0.417. The third-order valence-corrected chi connectivity index (χ3v) is 3.31. The summed E-state index contributed by atoms with van der Waals surface area (Å²) in [7, 11) is 1.89. The summed E-state index contributed by atoms with van der Waals surface area (Å²) in [5.41, 5.74) is 1.13. The average molecular weight is 245 g/mol. The summed E-state index contributed by atoms with van der Waals surface area (Å²) in [5.74, 6) is 1.74. The Bertz CT molecular complexity index is 553. The minimum atomic E-state index is 0.0574. The van der Waals surface area contributed by atoms with Crippen LogP contribution in [0.1, 0.15) is 30.4 Å². The van der Waals surface area contributed by atoms with Crippen molar-refractivity contribution in [2.45, 2.75) is 19.0 Å². The molecule has 1 aliphatic rings. The van der Waals surface area contributed by atoms with Gasteiger partial charge in [-0.15, -0.1) is 5.10 Å². The van der Waals surface area contributed by atoms with Crippen molar-refractivity contribution < 1.29 is 4.74 Å². The van der Waals surface area contributed by atoms with E-state index in [1.54, 1.807) is 0 Å². The molecule has 6 heteroatoms. The van der Waals surface area contributed by atoms with E-state index in [9.17, 15) is 0 Å². The maximum Gasteiger partial charge on any atom is 0.168 e. The van der Waals surface area contributed by atoms with Gasteiger partial charge < -0.3 is 10.1 Å². The van der Waals surface area contributed by atoms with Crippen LogP contribution in [0.2, 0.25) is 0 Å². The predicted octanol–water partition coefficient (Wildman–Crippen LogP) is 0.935. The molecule has 1 aromatic carbocycles. The van der Waals surface area contributed by atoms with Gasteiger partial charge in [0.15, 0.2) is 5.82 Å². The molecule has 94 valence electrons. The molecule has 1 aromatic heterocycles. The Labute approximate surface area is 105 Å². The first kappa shape index (κ1) is 11.2. The van der Waals surface area contributed by atoms with Crippen LogP contribution in [-0.4, -0.2) is 33.9 Å². The van der Waals surface area contributed by atoms with E-state index in [0.29, 0.717) is 6.61 Å². The second-order valence-corrected chi connectivity index (χ2v) is 4.36. The fourth-order valence-corrected chi connectivity index (χ4v) is 2.18. The first-order chi connectivity index (χ1) is 8.81. The quantitative estimate of drug-likeness (QED) is 0.871. The van der Waals surface area contributed by atoms with Crippen LogP contribution in [0.25, 0.3) is 0 Å². The Kier molecular flexibility index (Phi) is 2.71. The van der Waals surface area contributed by atoms with E-state index in [2.05, 4.69) is 26.9 Å². The molecular weight excluding hydrogens is 230 g/mol. The number of ether oxygens (including phenoxy) is 1. The van der Waals surface area contributed by atoms with Gasteiger partial charge in [-0.1, -0.05) is 18.2 Å². The van der Waals surface area contributed by atoms with Gasteiger partial charge >= 0.3 is 0 Å². The van der Waals surface area contributed by atoms with Crippen molar-refractivity contribution in [1.82, 2.24) is 25.5 Å². The van der Waals surface area contributed by atoms with E-state index >= 15 is 0 Å². The van der Waals surface area contributed by atoms with E-state index in [-0.39, 0.29) is 12.1 Å². The number of aromatic nitrogens is 4. The van der Waals surface area contributed by atoms with Crippen molar-refractivity contribution in [1.29, 1.82) is 0 Å².